The van der Waals surface area contributed by atoms with Crippen molar-refractivity contribution in [2.75, 3.05) is 26.9 Å². The molecule has 0 radical (unpaired) electrons. The molecule has 0 aromatic heterocycles. The number of nitro benzene ring substituents is 1. The van der Waals surface area contributed by atoms with Crippen molar-refractivity contribution in [1.82, 2.24) is 4.90 Å². The highest BCUT2D eigenvalue weighted by molar-refractivity contribution is 6.03. The van der Waals surface area contributed by atoms with Gasteiger partial charge in [0.05, 0.1) is 23.2 Å². The van der Waals surface area contributed by atoms with E-state index in [1.165, 1.54) is 29.2 Å². The molecular weight excluding hydrogens is 807 g/mol. The monoisotopic (exact) mass is 859 g/mol. The first-order valence-corrected chi connectivity index (χ1v) is 21.4. The molecule has 1 saturated carbocycles. The summed E-state index contributed by atoms with van der Waals surface area (Å²) in [5, 5.41) is 36.0. The van der Waals surface area contributed by atoms with Gasteiger partial charge in [-0.05, 0) is 91.1 Å². The zero-order chi connectivity index (χ0) is 44.3. The number of likely N-dealkylation sites (N-methyl/N-ethyl adjacent to an activating group) is 1. The molecule has 7 rings (SSSR count). The largest absolute Gasteiger partial charge is 0.459 e. The third-order valence-electron chi connectivity index (χ3n) is 12.1. The van der Waals surface area contributed by atoms with Gasteiger partial charge in [0.15, 0.2) is 0 Å². The van der Waals surface area contributed by atoms with Gasteiger partial charge in [-0.3, -0.25) is 14.9 Å². The van der Waals surface area contributed by atoms with Crippen molar-refractivity contribution in [2.45, 2.75) is 69.3 Å². The van der Waals surface area contributed by atoms with Gasteiger partial charge >= 0.3 is 6.09 Å². The highest BCUT2D eigenvalue weighted by Crippen LogP contribution is 2.62. The Hall–Kier alpha value is -6.35. The van der Waals surface area contributed by atoms with Crippen molar-refractivity contribution in [1.29, 1.82) is 0 Å². The van der Waals surface area contributed by atoms with Crippen molar-refractivity contribution in [3.05, 3.63) is 148 Å². The van der Waals surface area contributed by atoms with Crippen LogP contribution < -0.4 is 14.2 Å². The van der Waals surface area contributed by atoms with Crippen LogP contribution in [-0.4, -0.2) is 76.8 Å². The zero-order valence-electron chi connectivity index (χ0n) is 35.3. The van der Waals surface area contributed by atoms with Crippen molar-refractivity contribution in [3.63, 3.8) is 0 Å². The molecule has 2 N–H and O–H groups in total. The number of hydrogen-bond donors (Lipinski definition) is 2. The summed E-state index contributed by atoms with van der Waals surface area (Å²) in [5.74, 6) is -0.813. The van der Waals surface area contributed by atoms with Crippen LogP contribution in [0.15, 0.2) is 127 Å². The van der Waals surface area contributed by atoms with E-state index in [2.05, 4.69) is 12.7 Å². The van der Waals surface area contributed by atoms with Gasteiger partial charge in [0.25, 0.3) is 5.69 Å². The third-order valence-corrected chi connectivity index (χ3v) is 12.1. The van der Waals surface area contributed by atoms with Crippen LogP contribution in [0.25, 0.3) is 0 Å². The number of allylic oxidation sites excluding steroid dienone is 1. The average Bonchev–Trinajstić information content (AvgIpc) is 3.30. The Bertz CT molecular complexity index is 2300. The molecule has 1 fully saturated rings. The van der Waals surface area contributed by atoms with Gasteiger partial charge in [-0.1, -0.05) is 72.6 Å². The molecule has 4 aromatic rings. The first-order chi connectivity index (χ1) is 30.7. The number of aldehydes is 1. The molecule has 14 heteroatoms. The lowest BCUT2D eigenvalue weighted by molar-refractivity contribution is -0.384. The van der Waals surface area contributed by atoms with Crippen molar-refractivity contribution in [2.24, 2.45) is 22.9 Å². The Morgan fingerprint density at radius 2 is 1.68 bits per heavy atom. The molecule has 6 unspecified atom stereocenters. The van der Waals surface area contributed by atoms with Crippen LogP contribution in [0.2, 0.25) is 0 Å². The molecule has 0 bridgehead atoms. The number of unbranched alkanes of at least 4 members (excludes halogenated alkanes) is 2. The van der Waals surface area contributed by atoms with Gasteiger partial charge in [0.1, 0.15) is 41.9 Å². The number of oxime groups is 1. The molecule has 2 aliphatic carbocycles. The molecule has 4 aromatic carbocycles. The Morgan fingerprint density at radius 1 is 0.952 bits per heavy atom. The van der Waals surface area contributed by atoms with E-state index in [9.17, 15) is 29.9 Å². The fraction of sp³-hybridized carbons (Fsp3) is 0.367. The number of ether oxygens (including phenoxy) is 4. The molecule has 0 saturated heterocycles. The van der Waals surface area contributed by atoms with Gasteiger partial charge in [-0.25, -0.2) is 4.79 Å². The summed E-state index contributed by atoms with van der Waals surface area (Å²) in [4.78, 5) is 44.3. The van der Waals surface area contributed by atoms with Crippen LogP contribution in [0.4, 0.5) is 10.5 Å². The summed E-state index contributed by atoms with van der Waals surface area (Å²) in [5.41, 5.74) is 3.56. The van der Waals surface area contributed by atoms with Crippen molar-refractivity contribution < 1.29 is 48.5 Å². The van der Waals surface area contributed by atoms with E-state index in [0.29, 0.717) is 41.4 Å². The number of aliphatic hydroxyl groups excluding tert-OH is 2. The van der Waals surface area contributed by atoms with Crippen LogP contribution in [0, 0.1) is 27.9 Å². The molecular formula is C49H53N3O11. The Balaban J connectivity index is 1.39. The Kier molecular flexibility index (Phi) is 14.7. The molecule has 1 aliphatic heterocycles. The Morgan fingerprint density at radius 3 is 2.40 bits per heavy atom. The van der Waals surface area contributed by atoms with Crippen LogP contribution in [0.3, 0.4) is 0 Å². The summed E-state index contributed by atoms with van der Waals surface area (Å²) in [6.45, 7) is 4.34. The van der Waals surface area contributed by atoms with Crippen LogP contribution in [0.5, 0.6) is 23.0 Å². The summed E-state index contributed by atoms with van der Waals surface area (Å²) in [7, 11) is 1.60. The van der Waals surface area contributed by atoms with Crippen molar-refractivity contribution in [3.8, 4) is 23.0 Å². The molecule has 1 amide bonds. The highest BCUT2D eigenvalue weighted by Gasteiger charge is 2.65. The second-order valence-electron chi connectivity index (χ2n) is 16.1. The number of benzene rings is 4. The molecule has 63 heavy (non-hydrogen) atoms. The second kappa shape index (κ2) is 20.7. The zero-order valence-corrected chi connectivity index (χ0v) is 35.3. The Labute approximate surface area is 366 Å². The van der Waals surface area contributed by atoms with E-state index in [0.717, 1.165) is 48.7 Å². The molecule has 6 atom stereocenters. The number of hydrogen-bond acceptors (Lipinski definition) is 12. The van der Waals surface area contributed by atoms with Gasteiger partial charge in [0.2, 0.25) is 5.79 Å². The summed E-state index contributed by atoms with van der Waals surface area (Å²) in [6.07, 6.45) is 8.28. The SMILES string of the molecule is C=CCOC12Oc3ccc(Oc4cccc(C=O)c4)cc3C3C(CCCCO)C(CCCCO)C=C(C(=NOCc4ccccc4)CC1N(C)C(=O)Oc1ccc([N+](=O)[O-])cc1)C32. The quantitative estimate of drug-likeness (QED) is 0.0285. The minimum atomic E-state index is -1.54. The number of amides is 1. The fourth-order valence-corrected chi connectivity index (χ4v) is 9.27. The maximum atomic E-state index is 14.3. The average molecular weight is 860 g/mol. The smallest absolute Gasteiger partial charge is 0.415 e. The maximum absolute atomic E-state index is 14.3. The van der Waals surface area contributed by atoms with Crippen LogP contribution in [0.1, 0.15) is 72.3 Å². The van der Waals surface area contributed by atoms with E-state index in [-0.39, 0.29) is 62.0 Å². The first-order valence-electron chi connectivity index (χ1n) is 21.4. The number of rotatable bonds is 20. The van der Waals surface area contributed by atoms with Gasteiger partial charge in [-0.2, -0.15) is 0 Å². The summed E-state index contributed by atoms with van der Waals surface area (Å²) >= 11 is 0. The van der Waals surface area contributed by atoms with Crippen LogP contribution in [-0.2, 0) is 16.2 Å². The molecule has 3 aliphatic rings. The predicted octanol–water partition coefficient (Wildman–Crippen LogP) is 9.16. The van der Waals surface area contributed by atoms with Gasteiger partial charge in [-0.15, -0.1) is 6.58 Å². The lowest BCUT2D eigenvalue weighted by Gasteiger charge is -2.59. The first kappa shape index (κ1) is 44.7. The fourth-order valence-electron chi connectivity index (χ4n) is 9.27. The van der Waals surface area contributed by atoms with Gasteiger partial charge in [0, 0.05) is 55.9 Å². The maximum Gasteiger partial charge on any atom is 0.415 e. The van der Waals surface area contributed by atoms with Crippen molar-refractivity contribution >= 4 is 23.8 Å². The standard InChI is InChI=1S/C49H53N3O11/c1-3-26-59-49-45(51(2)48(56)62-37-20-18-36(19-21-37)52(57)58)30-43(50-60-32-33-12-5-4-6-13-33)41-28-35(15-7-9-24-53)40(17-8-10-25-54)46(47(41)49)42-29-39(22-23-44(42)63-49)61-38-16-11-14-34(27-38)31-55/h3-6,11-14,16,18-23,27-29,31,35,40,45-47,53-54H,1,7-10,15,17,24-26,30,32H2,2H3. The molecule has 14 nitrogen and oxygen atoms in total. The number of aliphatic hydroxyl groups is 2. The van der Waals surface area contributed by atoms with Gasteiger partial charge < -0.3 is 38.9 Å². The number of carbonyl (C=O) groups excluding carboxylic acids is 2. The topological polar surface area (TPSA) is 179 Å². The lowest BCUT2D eigenvalue weighted by atomic mass is 9.55. The summed E-state index contributed by atoms with van der Waals surface area (Å²) in [6, 6.07) is 26.6. The number of carbonyl (C=O) groups is 2. The van der Waals surface area contributed by atoms with E-state index in [1.807, 2.05) is 42.5 Å². The van der Waals surface area contributed by atoms with E-state index in [1.54, 1.807) is 43.5 Å². The number of non-ortho nitro benzene ring substituents is 1. The predicted molar refractivity (Wildman–Crippen MR) is 235 cm³/mol. The summed E-state index contributed by atoms with van der Waals surface area (Å²) < 4.78 is 26.4. The second-order valence-corrected chi connectivity index (χ2v) is 16.1. The molecule has 0 spiro atoms. The van der Waals surface area contributed by atoms with E-state index < -0.39 is 28.8 Å². The third kappa shape index (κ3) is 9.99. The van der Waals surface area contributed by atoms with Crippen LogP contribution >= 0.6 is 0 Å². The minimum absolute atomic E-state index is 0.00380. The molecule has 330 valence electrons. The number of fused-ring (bicyclic) bond motifs is 2. The highest BCUT2D eigenvalue weighted by atomic mass is 16.7. The number of nitro groups is 1. The normalized spacial score (nSPS) is 22.7. The number of nitrogens with zero attached hydrogens (tertiary/aromatic N) is 3. The lowest BCUT2D eigenvalue weighted by Crippen LogP contribution is -2.69. The minimum Gasteiger partial charge on any atom is -0.459 e. The van der Waals surface area contributed by atoms with E-state index >= 15 is 0 Å². The van der Waals surface area contributed by atoms with E-state index in [4.69, 9.17) is 28.9 Å². The molecule has 1 heterocycles.